The molecular formula is C21H28N4O3. The molecule has 3 heterocycles. The summed E-state index contributed by atoms with van der Waals surface area (Å²) in [5.74, 6) is 0.767. The SMILES string of the molecule is COc1cccc(-c2ccc(=O)n(C3COCC3NC3CCN(C)CC3)n2)c1. The van der Waals surface area contributed by atoms with E-state index in [4.69, 9.17) is 9.47 Å². The molecule has 28 heavy (non-hydrogen) atoms. The van der Waals surface area contributed by atoms with E-state index in [2.05, 4.69) is 22.4 Å². The summed E-state index contributed by atoms with van der Waals surface area (Å²) in [6, 6.07) is 11.5. The van der Waals surface area contributed by atoms with Gasteiger partial charge in [0.25, 0.3) is 5.56 Å². The highest BCUT2D eigenvalue weighted by Crippen LogP contribution is 2.24. The molecule has 2 aromatic rings. The molecule has 0 amide bonds. The van der Waals surface area contributed by atoms with Crippen LogP contribution in [0.3, 0.4) is 0 Å². The molecule has 1 aromatic heterocycles. The molecular weight excluding hydrogens is 356 g/mol. The van der Waals surface area contributed by atoms with Crippen molar-refractivity contribution in [1.82, 2.24) is 20.0 Å². The second-order valence-electron chi connectivity index (χ2n) is 7.69. The number of methoxy groups -OCH3 is 1. The monoisotopic (exact) mass is 384 g/mol. The molecule has 2 aliphatic heterocycles. The van der Waals surface area contributed by atoms with E-state index in [0.29, 0.717) is 19.3 Å². The second-order valence-corrected chi connectivity index (χ2v) is 7.69. The van der Waals surface area contributed by atoms with Crippen molar-refractivity contribution < 1.29 is 9.47 Å². The lowest BCUT2D eigenvalue weighted by atomic mass is 10.0. The highest BCUT2D eigenvalue weighted by Gasteiger charge is 2.33. The summed E-state index contributed by atoms with van der Waals surface area (Å²) in [6.07, 6.45) is 2.23. The summed E-state index contributed by atoms with van der Waals surface area (Å²) >= 11 is 0. The van der Waals surface area contributed by atoms with Crippen molar-refractivity contribution in [3.05, 3.63) is 46.8 Å². The zero-order valence-corrected chi connectivity index (χ0v) is 16.5. The minimum Gasteiger partial charge on any atom is -0.497 e. The number of hydrogen-bond donors (Lipinski definition) is 1. The minimum atomic E-state index is -0.0997. The van der Waals surface area contributed by atoms with Crippen molar-refractivity contribution >= 4 is 0 Å². The van der Waals surface area contributed by atoms with Gasteiger partial charge in [0.2, 0.25) is 0 Å². The van der Waals surface area contributed by atoms with Crippen LogP contribution in [0, 0.1) is 0 Å². The summed E-state index contributed by atoms with van der Waals surface area (Å²) in [7, 11) is 3.80. The van der Waals surface area contributed by atoms with E-state index in [0.717, 1.165) is 42.9 Å². The van der Waals surface area contributed by atoms with Gasteiger partial charge in [-0.15, -0.1) is 0 Å². The van der Waals surface area contributed by atoms with Gasteiger partial charge in [0.1, 0.15) is 5.75 Å². The molecule has 2 atom stereocenters. The number of hydrogen-bond acceptors (Lipinski definition) is 6. The van der Waals surface area contributed by atoms with Gasteiger partial charge in [-0.1, -0.05) is 12.1 Å². The van der Waals surface area contributed by atoms with E-state index in [1.807, 2.05) is 24.3 Å². The Morgan fingerprint density at radius 3 is 2.79 bits per heavy atom. The van der Waals surface area contributed by atoms with Crippen molar-refractivity contribution in [2.24, 2.45) is 0 Å². The van der Waals surface area contributed by atoms with Crippen LogP contribution in [-0.4, -0.2) is 67.2 Å². The maximum Gasteiger partial charge on any atom is 0.267 e. The fraction of sp³-hybridized carbons (Fsp3) is 0.524. The number of nitrogens with zero attached hydrogens (tertiary/aromatic N) is 3. The van der Waals surface area contributed by atoms with Crippen LogP contribution in [-0.2, 0) is 4.74 Å². The zero-order chi connectivity index (χ0) is 19.5. The van der Waals surface area contributed by atoms with E-state index >= 15 is 0 Å². The number of ether oxygens (including phenoxy) is 2. The Bertz CT molecular complexity index is 861. The summed E-state index contributed by atoms with van der Waals surface area (Å²) in [6.45, 7) is 3.30. The maximum atomic E-state index is 12.6. The van der Waals surface area contributed by atoms with Gasteiger partial charge in [-0.05, 0) is 51.2 Å². The molecule has 150 valence electrons. The lowest BCUT2D eigenvalue weighted by molar-refractivity contribution is 0.176. The van der Waals surface area contributed by atoms with Crippen LogP contribution in [0.4, 0.5) is 0 Å². The molecule has 0 radical (unpaired) electrons. The van der Waals surface area contributed by atoms with E-state index in [9.17, 15) is 4.79 Å². The second kappa shape index (κ2) is 8.43. The normalized spacial score (nSPS) is 23.8. The molecule has 2 unspecified atom stereocenters. The lowest BCUT2D eigenvalue weighted by Gasteiger charge is -2.32. The van der Waals surface area contributed by atoms with Gasteiger partial charge in [0.05, 0.1) is 38.1 Å². The predicted octanol–water partition coefficient (Wildman–Crippen LogP) is 1.54. The van der Waals surface area contributed by atoms with Crippen LogP contribution in [0.1, 0.15) is 18.9 Å². The number of nitrogens with one attached hydrogen (secondary N) is 1. The van der Waals surface area contributed by atoms with Crippen molar-refractivity contribution in [1.29, 1.82) is 0 Å². The quantitative estimate of drug-likeness (QED) is 0.844. The van der Waals surface area contributed by atoms with Gasteiger partial charge in [-0.2, -0.15) is 5.10 Å². The number of aromatic nitrogens is 2. The summed E-state index contributed by atoms with van der Waals surface area (Å²) in [4.78, 5) is 14.9. The van der Waals surface area contributed by atoms with Gasteiger partial charge in [0.15, 0.2) is 0 Å². The Morgan fingerprint density at radius 2 is 2.00 bits per heavy atom. The average Bonchev–Trinajstić information content (AvgIpc) is 3.18. The summed E-state index contributed by atoms with van der Waals surface area (Å²) in [5.41, 5.74) is 1.58. The van der Waals surface area contributed by atoms with Crippen LogP contribution in [0.15, 0.2) is 41.2 Å². The summed E-state index contributed by atoms with van der Waals surface area (Å²) < 4.78 is 12.6. The topological polar surface area (TPSA) is 68.6 Å². The fourth-order valence-corrected chi connectivity index (χ4v) is 4.02. The van der Waals surface area contributed by atoms with Crippen molar-refractivity contribution in [2.45, 2.75) is 31.0 Å². The van der Waals surface area contributed by atoms with E-state index in [-0.39, 0.29) is 17.6 Å². The Balaban J connectivity index is 1.56. The first-order valence-electron chi connectivity index (χ1n) is 9.90. The van der Waals surface area contributed by atoms with E-state index < -0.39 is 0 Å². The molecule has 4 rings (SSSR count). The van der Waals surface area contributed by atoms with Crippen molar-refractivity contribution in [3.63, 3.8) is 0 Å². The van der Waals surface area contributed by atoms with Crippen LogP contribution in [0.25, 0.3) is 11.3 Å². The van der Waals surface area contributed by atoms with Crippen molar-refractivity contribution in [2.75, 3.05) is 40.5 Å². The molecule has 2 aliphatic rings. The molecule has 0 saturated carbocycles. The Morgan fingerprint density at radius 1 is 1.18 bits per heavy atom. The molecule has 7 nitrogen and oxygen atoms in total. The van der Waals surface area contributed by atoms with Gasteiger partial charge in [0, 0.05) is 17.7 Å². The van der Waals surface area contributed by atoms with Crippen LogP contribution in [0.2, 0.25) is 0 Å². The number of benzene rings is 1. The van der Waals surface area contributed by atoms with Gasteiger partial charge >= 0.3 is 0 Å². The highest BCUT2D eigenvalue weighted by atomic mass is 16.5. The molecule has 0 aliphatic carbocycles. The third-order valence-electron chi connectivity index (χ3n) is 5.72. The smallest absolute Gasteiger partial charge is 0.267 e. The largest absolute Gasteiger partial charge is 0.497 e. The first kappa shape index (κ1) is 19.1. The predicted molar refractivity (Wildman–Crippen MR) is 108 cm³/mol. The minimum absolute atomic E-state index is 0.0964. The van der Waals surface area contributed by atoms with Gasteiger partial charge in [-0.25, -0.2) is 4.68 Å². The lowest BCUT2D eigenvalue weighted by Crippen LogP contribution is -2.49. The average molecular weight is 384 g/mol. The van der Waals surface area contributed by atoms with Crippen LogP contribution >= 0.6 is 0 Å². The first-order valence-corrected chi connectivity index (χ1v) is 9.90. The number of piperidine rings is 1. The van der Waals surface area contributed by atoms with Crippen LogP contribution in [0.5, 0.6) is 5.75 Å². The first-order chi connectivity index (χ1) is 13.6. The summed E-state index contributed by atoms with van der Waals surface area (Å²) in [5, 5.41) is 8.40. The molecule has 7 heteroatoms. The molecule has 1 aromatic carbocycles. The number of likely N-dealkylation sites (tertiary alicyclic amines) is 1. The molecule has 0 spiro atoms. The van der Waals surface area contributed by atoms with Gasteiger partial charge < -0.3 is 19.7 Å². The fourth-order valence-electron chi connectivity index (χ4n) is 4.02. The Kier molecular flexibility index (Phi) is 5.75. The third kappa shape index (κ3) is 4.11. The molecule has 2 saturated heterocycles. The molecule has 2 fully saturated rings. The van der Waals surface area contributed by atoms with E-state index in [1.165, 1.54) is 0 Å². The number of rotatable bonds is 5. The third-order valence-corrected chi connectivity index (χ3v) is 5.72. The zero-order valence-electron chi connectivity index (χ0n) is 16.5. The Hall–Kier alpha value is -2.22. The van der Waals surface area contributed by atoms with Crippen molar-refractivity contribution in [3.8, 4) is 17.0 Å². The Labute approximate surface area is 165 Å². The highest BCUT2D eigenvalue weighted by molar-refractivity contribution is 5.60. The molecule has 0 bridgehead atoms. The standard InChI is InChI=1S/C21H28N4O3/c1-24-10-8-16(9-11-24)22-19-13-28-14-20(19)25-21(26)7-6-18(23-25)15-4-3-5-17(12-15)27-2/h3-7,12,16,19-20,22H,8-11,13-14H2,1-2H3. The van der Waals surface area contributed by atoms with Crippen LogP contribution < -0.4 is 15.6 Å². The maximum absolute atomic E-state index is 12.6. The van der Waals surface area contributed by atoms with Gasteiger partial charge in [-0.3, -0.25) is 4.79 Å². The molecule has 1 N–H and O–H groups in total. The van der Waals surface area contributed by atoms with E-state index in [1.54, 1.807) is 23.9 Å².